The smallest absolute Gasteiger partial charge is 0.224 e. The topological polar surface area (TPSA) is 44.4 Å². The van der Waals surface area contributed by atoms with Crippen molar-refractivity contribution in [2.24, 2.45) is 5.92 Å². The van der Waals surface area contributed by atoms with E-state index in [1.807, 2.05) is 11.8 Å². The minimum Gasteiger partial charge on any atom is -0.355 e. The largest absolute Gasteiger partial charge is 0.355 e. The van der Waals surface area contributed by atoms with Crippen LogP contribution in [0.2, 0.25) is 0 Å². The molecule has 4 nitrogen and oxygen atoms in total. The molecule has 2 heterocycles. The van der Waals surface area contributed by atoms with Crippen molar-refractivity contribution in [1.82, 2.24) is 15.5 Å². The van der Waals surface area contributed by atoms with E-state index in [0.717, 1.165) is 32.6 Å². The van der Waals surface area contributed by atoms with E-state index in [1.54, 1.807) is 0 Å². The van der Waals surface area contributed by atoms with Crippen molar-refractivity contribution in [3.63, 3.8) is 0 Å². The summed E-state index contributed by atoms with van der Waals surface area (Å²) in [6.07, 6.45) is 0.992. The predicted octanol–water partition coefficient (Wildman–Crippen LogP) is -0.239. The van der Waals surface area contributed by atoms with Crippen molar-refractivity contribution < 1.29 is 4.79 Å². The number of hydrogen-bond acceptors (Lipinski definition) is 4. The Hall–Kier alpha value is -0.260. The van der Waals surface area contributed by atoms with E-state index in [2.05, 4.69) is 15.5 Å². The summed E-state index contributed by atoms with van der Waals surface area (Å²) in [4.78, 5) is 14.1. The van der Waals surface area contributed by atoms with Crippen LogP contribution in [0.25, 0.3) is 0 Å². The minimum atomic E-state index is 0.205. The first-order chi connectivity index (χ1) is 7.86. The van der Waals surface area contributed by atoms with Gasteiger partial charge in [-0.2, -0.15) is 11.8 Å². The average Bonchev–Trinajstić information content (AvgIpc) is 2.84. The number of amides is 1. The molecule has 1 atom stereocenters. The molecule has 16 heavy (non-hydrogen) atoms. The molecular weight excluding hydrogens is 222 g/mol. The summed E-state index contributed by atoms with van der Waals surface area (Å²) in [5.41, 5.74) is 0. The van der Waals surface area contributed by atoms with E-state index >= 15 is 0 Å². The molecule has 1 unspecified atom stereocenters. The highest BCUT2D eigenvalue weighted by molar-refractivity contribution is 7.99. The Morgan fingerprint density at radius 2 is 2.25 bits per heavy atom. The van der Waals surface area contributed by atoms with Gasteiger partial charge in [0.05, 0.1) is 5.92 Å². The van der Waals surface area contributed by atoms with Gasteiger partial charge in [-0.1, -0.05) is 0 Å². The lowest BCUT2D eigenvalue weighted by atomic mass is 10.1. The minimum absolute atomic E-state index is 0.205. The van der Waals surface area contributed by atoms with Gasteiger partial charge in [-0.3, -0.25) is 9.69 Å². The van der Waals surface area contributed by atoms with Gasteiger partial charge >= 0.3 is 0 Å². The van der Waals surface area contributed by atoms with E-state index in [1.165, 1.54) is 24.6 Å². The summed E-state index contributed by atoms with van der Waals surface area (Å²) in [6, 6.07) is 0. The van der Waals surface area contributed by atoms with Crippen molar-refractivity contribution in [3.8, 4) is 0 Å². The maximum Gasteiger partial charge on any atom is 0.224 e. The maximum absolute atomic E-state index is 11.7. The van der Waals surface area contributed by atoms with Crippen molar-refractivity contribution in [1.29, 1.82) is 0 Å². The van der Waals surface area contributed by atoms with Gasteiger partial charge < -0.3 is 10.6 Å². The van der Waals surface area contributed by atoms with E-state index in [9.17, 15) is 4.79 Å². The van der Waals surface area contributed by atoms with Crippen LogP contribution in [0.15, 0.2) is 0 Å². The Balaban J connectivity index is 1.57. The average molecular weight is 243 g/mol. The monoisotopic (exact) mass is 243 g/mol. The SMILES string of the molecule is O=C(NCCN1CCSCC1)C1CCNC1. The molecule has 0 aromatic rings. The number of carbonyl (C=O) groups excluding carboxylic acids is 1. The van der Waals surface area contributed by atoms with E-state index in [4.69, 9.17) is 0 Å². The summed E-state index contributed by atoms with van der Waals surface area (Å²) in [7, 11) is 0. The Morgan fingerprint density at radius 3 is 2.94 bits per heavy atom. The molecule has 92 valence electrons. The molecule has 1 amide bonds. The molecule has 0 spiro atoms. The zero-order valence-electron chi connectivity index (χ0n) is 9.71. The molecular formula is C11H21N3OS. The van der Waals surface area contributed by atoms with Crippen molar-refractivity contribution in [2.75, 3.05) is 50.8 Å². The first-order valence-corrected chi connectivity index (χ1v) is 7.30. The summed E-state index contributed by atoms with van der Waals surface area (Å²) in [5.74, 6) is 2.91. The maximum atomic E-state index is 11.7. The molecule has 0 aromatic heterocycles. The number of hydrogen-bond donors (Lipinski definition) is 2. The second-order valence-corrected chi connectivity index (χ2v) is 5.66. The highest BCUT2D eigenvalue weighted by Gasteiger charge is 2.21. The number of nitrogens with one attached hydrogen (secondary N) is 2. The molecule has 0 aliphatic carbocycles. The van der Waals surface area contributed by atoms with Gasteiger partial charge in [0.25, 0.3) is 0 Å². The summed E-state index contributed by atoms with van der Waals surface area (Å²) >= 11 is 2.02. The zero-order chi connectivity index (χ0) is 11.2. The number of thioether (sulfide) groups is 1. The summed E-state index contributed by atoms with van der Waals surface area (Å²) < 4.78 is 0. The standard InChI is InChI=1S/C11H21N3OS/c15-11(10-1-2-12-9-10)13-3-4-14-5-7-16-8-6-14/h10,12H,1-9H2,(H,13,15). The molecule has 2 N–H and O–H groups in total. The van der Waals surface area contributed by atoms with Gasteiger partial charge in [0.1, 0.15) is 0 Å². The third-order valence-electron chi connectivity index (χ3n) is 3.26. The normalized spacial score (nSPS) is 26.9. The quantitative estimate of drug-likeness (QED) is 0.715. The Bertz CT molecular complexity index is 225. The molecule has 0 radical (unpaired) electrons. The summed E-state index contributed by atoms with van der Waals surface area (Å²) in [6.45, 7) is 6.00. The molecule has 0 saturated carbocycles. The van der Waals surface area contributed by atoms with E-state index < -0.39 is 0 Å². The number of rotatable bonds is 4. The second kappa shape index (κ2) is 6.47. The van der Waals surface area contributed by atoms with Crippen LogP contribution in [0, 0.1) is 5.92 Å². The van der Waals surface area contributed by atoms with Crippen LogP contribution in [-0.4, -0.2) is 61.6 Å². The fraction of sp³-hybridized carbons (Fsp3) is 0.909. The molecule has 5 heteroatoms. The molecule has 0 bridgehead atoms. The third kappa shape index (κ3) is 3.64. The Morgan fingerprint density at radius 1 is 1.44 bits per heavy atom. The molecule has 2 aliphatic heterocycles. The first-order valence-electron chi connectivity index (χ1n) is 6.15. The van der Waals surface area contributed by atoms with Crippen LogP contribution in [0.1, 0.15) is 6.42 Å². The highest BCUT2D eigenvalue weighted by atomic mass is 32.2. The van der Waals surface area contributed by atoms with Gasteiger partial charge in [0.15, 0.2) is 0 Å². The zero-order valence-corrected chi connectivity index (χ0v) is 10.5. The molecule has 0 aromatic carbocycles. The van der Waals surface area contributed by atoms with Crippen molar-refractivity contribution in [2.45, 2.75) is 6.42 Å². The lowest BCUT2D eigenvalue weighted by Gasteiger charge is -2.26. The van der Waals surface area contributed by atoms with Crippen molar-refractivity contribution in [3.05, 3.63) is 0 Å². The molecule has 2 saturated heterocycles. The van der Waals surface area contributed by atoms with Gasteiger partial charge in [-0.05, 0) is 13.0 Å². The number of carbonyl (C=O) groups is 1. The predicted molar refractivity (Wildman–Crippen MR) is 67.8 cm³/mol. The van der Waals surface area contributed by atoms with Crippen LogP contribution in [-0.2, 0) is 4.79 Å². The Labute approximate surface area is 102 Å². The van der Waals surface area contributed by atoms with Crippen LogP contribution in [0.5, 0.6) is 0 Å². The lowest BCUT2D eigenvalue weighted by Crippen LogP contribution is -2.41. The molecule has 2 aliphatic rings. The first kappa shape index (κ1) is 12.2. The van der Waals surface area contributed by atoms with Crippen molar-refractivity contribution >= 4 is 17.7 Å². The van der Waals surface area contributed by atoms with Crippen LogP contribution in [0.3, 0.4) is 0 Å². The fourth-order valence-electron chi connectivity index (χ4n) is 2.18. The molecule has 2 fully saturated rings. The van der Waals surface area contributed by atoms with Gasteiger partial charge in [0.2, 0.25) is 5.91 Å². The van der Waals surface area contributed by atoms with Gasteiger partial charge in [-0.15, -0.1) is 0 Å². The van der Waals surface area contributed by atoms with Gasteiger partial charge in [-0.25, -0.2) is 0 Å². The number of nitrogens with zero attached hydrogens (tertiary/aromatic N) is 1. The van der Waals surface area contributed by atoms with Gasteiger partial charge in [0, 0.05) is 44.2 Å². The molecule has 2 rings (SSSR count). The van der Waals surface area contributed by atoms with E-state index in [-0.39, 0.29) is 11.8 Å². The lowest BCUT2D eigenvalue weighted by molar-refractivity contribution is -0.124. The fourth-order valence-corrected chi connectivity index (χ4v) is 3.16. The Kier molecular flexibility index (Phi) is 4.93. The summed E-state index contributed by atoms with van der Waals surface area (Å²) in [5, 5.41) is 6.26. The van der Waals surface area contributed by atoms with Crippen LogP contribution >= 0.6 is 11.8 Å². The third-order valence-corrected chi connectivity index (χ3v) is 4.20. The van der Waals surface area contributed by atoms with Crippen LogP contribution < -0.4 is 10.6 Å². The second-order valence-electron chi connectivity index (χ2n) is 4.43. The van der Waals surface area contributed by atoms with Crippen LogP contribution in [0.4, 0.5) is 0 Å². The highest BCUT2D eigenvalue weighted by Crippen LogP contribution is 2.09. The van der Waals surface area contributed by atoms with E-state index in [0.29, 0.717) is 0 Å².